The molecule has 162 valence electrons. The van der Waals surface area contributed by atoms with Crippen molar-refractivity contribution in [2.45, 2.75) is 31.8 Å². The zero-order chi connectivity index (χ0) is 21.8. The minimum Gasteiger partial charge on any atom is -0.507 e. The average Bonchev–Trinajstić information content (AvgIpc) is 3.46. The lowest BCUT2D eigenvalue weighted by molar-refractivity contribution is 0.0732. The first-order chi connectivity index (χ1) is 15.0. The third-order valence-electron chi connectivity index (χ3n) is 5.65. The summed E-state index contributed by atoms with van der Waals surface area (Å²) >= 11 is 5.95. The maximum Gasteiger partial charge on any atom is 0.258 e. The van der Waals surface area contributed by atoms with Crippen LogP contribution in [0, 0.1) is 0 Å². The number of rotatable bonds is 7. The van der Waals surface area contributed by atoms with Crippen LogP contribution in [0.2, 0.25) is 5.02 Å². The van der Waals surface area contributed by atoms with E-state index >= 15 is 0 Å². The molecule has 0 radical (unpaired) electrons. The highest BCUT2D eigenvalue weighted by Gasteiger charge is 2.32. The van der Waals surface area contributed by atoms with Crippen LogP contribution < -0.4 is 5.32 Å². The summed E-state index contributed by atoms with van der Waals surface area (Å²) < 4.78 is 0. The number of phenols is 2. The fraction of sp³-hybridized carbons (Fsp3) is 0.304. The van der Waals surface area contributed by atoms with Crippen molar-refractivity contribution in [1.82, 2.24) is 20.4 Å². The largest absolute Gasteiger partial charge is 0.507 e. The van der Waals surface area contributed by atoms with Crippen molar-refractivity contribution in [1.29, 1.82) is 0 Å². The molecule has 4 N–H and O–H groups in total. The number of aromatic amines is 1. The van der Waals surface area contributed by atoms with Crippen LogP contribution in [0.1, 0.15) is 45.9 Å². The molecule has 3 aromatic rings. The zero-order valence-electron chi connectivity index (χ0n) is 17.0. The number of benzene rings is 2. The molecular weight excluding hydrogens is 416 g/mol. The van der Waals surface area contributed by atoms with E-state index in [4.69, 9.17) is 11.6 Å². The Morgan fingerprint density at radius 3 is 2.74 bits per heavy atom. The first kappa shape index (κ1) is 21.2. The smallest absolute Gasteiger partial charge is 0.258 e. The maximum absolute atomic E-state index is 13.1. The minimum absolute atomic E-state index is 0.0431. The Labute approximate surface area is 185 Å². The third-order valence-corrected chi connectivity index (χ3v) is 5.95. The molecule has 1 saturated heterocycles. The van der Waals surface area contributed by atoms with Gasteiger partial charge in [-0.15, -0.1) is 0 Å². The van der Waals surface area contributed by atoms with Crippen molar-refractivity contribution >= 4 is 17.5 Å². The Hall–Kier alpha value is -3.03. The quantitative estimate of drug-likeness (QED) is 0.419. The van der Waals surface area contributed by atoms with Gasteiger partial charge in [-0.25, -0.2) is 0 Å². The van der Waals surface area contributed by atoms with Crippen LogP contribution in [0.5, 0.6) is 11.5 Å². The molecular formula is C23H25ClN4O3. The van der Waals surface area contributed by atoms with Crippen molar-refractivity contribution in [2.75, 3.05) is 13.1 Å². The number of H-pyrrole nitrogens is 1. The molecule has 1 aliphatic heterocycles. The molecule has 1 aliphatic rings. The topological polar surface area (TPSA) is 101 Å². The van der Waals surface area contributed by atoms with Gasteiger partial charge in [-0.3, -0.25) is 9.89 Å². The molecule has 0 spiro atoms. The van der Waals surface area contributed by atoms with E-state index in [1.54, 1.807) is 4.90 Å². The van der Waals surface area contributed by atoms with Crippen LogP contribution in [0.3, 0.4) is 0 Å². The first-order valence-electron chi connectivity index (χ1n) is 10.3. The second-order valence-corrected chi connectivity index (χ2v) is 8.16. The van der Waals surface area contributed by atoms with Crippen LogP contribution in [-0.2, 0) is 13.0 Å². The van der Waals surface area contributed by atoms with Gasteiger partial charge in [0.2, 0.25) is 0 Å². The molecule has 1 aromatic heterocycles. The van der Waals surface area contributed by atoms with E-state index < -0.39 is 0 Å². The van der Waals surface area contributed by atoms with E-state index in [2.05, 4.69) is 39.8 Å². The highest BCUT2D eigenvalue weighted by atomic mass is 35.5. The zero-order valence-corrected chi connectivity index (χ0v) is 17.8. The SMILES string of the molecule is O=C(c1cc(Cl)c(O)cc1O)N1CCCC1c1ccc(CNCCc2cn[nH]c2)cc1. The summed E-state index contributed by atoms with van der Waals surface area (Å²) in [6, 6.07) is 10.7. The van der Waals surface area contributed by atoms with E-state index in [0.717, 1.165) is 44.0 Å². The van der Waals surface area contributed by atoms with Crippen molar-refractivity contribution in [3.05, 3.63) is 76.1 Å². The summed E-state index contributed by atoms with van der Waals surface area (Å²) in [4.78, 5) is 14.8. The van der Waals surface area contributed by atoms with Crippen LogP contribution in [-0.4, -0.2) is 44.3 Å². The molecule has 31 heavy (non-hydrogen) atoms. The maximum atomic E-state index is 13.1. The lowest BCUT2D eigenvalue weighted by Crippen LogP contribution is -2.30. The van der Waals surface area contributed by atoms with Gasteiger partial charge in [-0.2, -0.15) is 5.10 Å². The number of halogens is 1. The number of nitrogens with zero attached hydrogens (tertiary/aromatic N) is 2. The summed E-state index contributed by atoms with van der Waals surface area (Å²) in [6.07, 6.45) is 6.40. The number of phenolic OH excluding ortho intramolecular Hbond substituents is 2. The van der Waals surface area contributed by atoms with Crippen molar-refractivity contribution < 1.29 is 15.0 Å². The highest BCUT2D eigenvalue weighted by Crippen LogP contribution is 2.37. The molecule has 0 bridgehead atoms. The Balaban J connectivity index is 1.39. The number of hydrogen-bond acceptors (Lipinski definition) is 5. The number of likely N-dealkylation sites (tertiary alicyclic amines) is 1. The predicted octanol–water partition coefficient (Wildman–Crippen LogP) is 3.78. The Kier molecular flexibility index (Phi) is 6.44. The van der Waals surface area contributed by atoms with E-state index in [1.165, 1.54) is 17.2 Å². The second kappa shape index (κ2) is 9.41. The number of carbonyl (C=O) groups excluding carboxylic acids is 1. The van der Waals surface area contributed by atoms with Crippen LogP contribution >= 0.6 is 11.6 Å². The van der Waals surface area contributed by atoms with Gasteiger partial charge in [-0.1, -0.05) is 35.9 Å². The molecule has 2 heterocycles. The minimum atomic E-state index is -0.285. The van der Waals surface area contributed by atoms with Gasteiger partial charge in [0.15, 0.2) is 0 Å². The van der Waals surface area contributed by atoms with Crippen LogP contribution in [0.15, 0.2) is 48.8 Å². The summed E-state index contributed by atoms with van der Waals surface area (Å²) in [6.45, 7) is 2.24. The fourth-order valence-corrected chi connectivity index (χ4v) is 4.13. The Bertz CT molecular complexity index is 1040. The van der Waals surface area contributed by atoms with E-state index in [0.29, 0.717) is 6.54 Å². The summed E-state index contributed by atoms with van der Waals surface area (Å²) in [5.74, 6) is -0.802. The summed E-state index contributed by atoms with van der Waals surface area (Å²) in [7, 11) is 0. The first-order valence-corrected chi connectivity index (χ1v) is 10.7. The van der Waals surface area contributed by atoms with Crippen LogP contribution in [0.25, 0.3) is 0 Å². The molecule has 0 aliphatic carbocycles. The van der Waals surface area contributed by atoms with Crippen molar-refractivity contribution in [2.24, 2.45) is 0 Å². The average molecular weight is 441 g/mol. The molecule has 0 saturated carbocycles. The summed E-state index contributed by atoms with van der Waals surface area (Å²) in [5.41, 5.74) is 3.52. The van der Waals surface area contributed by atoms with Gasteiger partial charge in [0.25, 0.3) is 5.91 Å². The molecule has 1 amide bonds. The molecule has 1 atom stereocenters. The van der Waals surface area contributed by atoms with Gasteiger partial charge in [-0.05, 0) is 48.6 Å². The van der Waals surface area contributed by atoms with Gasteiger partial charge in [0.05, 0.1) is 22.8 Å². The second-order valence-electron chi connectivity index (χ2n) is 7.75. The van der Waals surface area contributed by atoms with Gasteiger partial charge >= 0.3 is 0 Å². The van der Waals surface area contributed by atoms with E-state index in [1.807, 2.05) is 12.4 Å². The third kappa shape index (κ3) is 4.84. The number of nitrogens with one attached hydrogen (secondary N) is 2. The van der Waals surface area contributed by atoms with Crippen molar-refractivity contribution in [3.63, 3.8) is 0 Å². The highest BCUT2D eigenvalue weighted by molar-refractivity contribution is 6.32. The number of carbonyl (C=O) groups is 1. The molecule has 7 nitrogen and oxygen atoms in total. The van der Waals surface area contributed by atoms with E-state index in [-0.39, 0.29) is 34.0 Å². The normalized spacial score (nSPS) is 16.0. The van der Waals surface area contributed by atoms with E-state index in [9.17, 15) is 15.0 Å². The number of amides is 1. The summed E-state index contributed by atoms with van der Waals surface area (Å²) in [5, 5.41) is 30.0. The number of aromatic hydroxyl groups is 2. The Morgan fingerprint density at radius 2 is 2.00 bits per heavy atom. The van der Waals surface area contributed by atoms with Gasteiger partial charge in [0, 0.05) is 25.4 Å². The molecule has 4 rings (SSSR count). The monoisotopic (exact) mass is 440 g/mol. The number of aromatic nitrogens is 2. The number of hydrogen-bond donors (Lipinski definition) is 4. The molecule has 1 unspecified atom stereocenters. The molecule has 8 heteroatoms. The molecule has 1 fully saturated rings. The lowest BCUT2D eigenvalue weighted by Gasteiger charge is -2.26. The molecule has 2 aromatic carbocycles. The predicted molar refractivity (Wildman–Crippen MR) is 118 cm³/mol. The Morgan fingerprint density at radius 1 is 1.19 bits per heavy atom. The van der Waals surface area contributed by atoms with Gasteiger partial charge in [0.1, 0.15) is 11.5 Å². The lowest BCUT2D eigenvalue weighted by atomic mass is 10.0. The van der Waals surface area contributed by atoms with Crippen molar-refractivity contribution in [3.8, 4) is 11.5 Å². The van der Waals surface area contributed by atoms with Crippen LogP contribution in [0.4, 0.5) is 0 Å². The van der Waals surface area contributed by atoms with Gasteiger partial charge < -0.3 is 20.4 Å². The fourth-order valence-electron chi connectivity index (χ4n) is 3.97. The standard InChI is InChI=1S/C23H25ClN4O3/c24-19-10-18(21(29)11-22(19)30)23(31)28-9-1-2-20(28)17-5-3-15(4-6-17)12-25-8-7-16-13-26-27-14-16/h3-6,10-11,13-14,20,25,29-30H,1-2,7-9,12H2,(H,26,27).